The molecule has 0 aromatic heterocycles. The van der Waals surface area contributed by atoms with Gasteiger partial charge in [-0.2, -0.15) is 23.5 Å². The lowest BCUT2D eigenvalue weighted by molar-refractivity contribution is 0.501. The zero-order valence-electron chi connectivity index (χ0n) is 12.0. The first-order valence-electron chi connectivity index (χ1n) is 6.87. The topological polar surface area (TPSA) is 38.0 Å². The van der Waals surface area contributed by atoms with Crippen molar-refractivity contribution in [3.05, 3.63) is 34.9 Å². The van der Waals surface area contributed by atoms with Gasteiger partial charge >= 0.3 is 0 Å². The lowest BCUT2D eigenvalue weighted by Crippen LogP contribution is -2.48. The van der Waals surface area contributed by atoms with Crippen LogP contribution in [0.5, 0.6) is 0 Å². The van der Waals surface area contributed by atoms with Crippen LogP contribution in [0.3, 0.4) is 0 Å². The molecule has 0 aliphatic carbocycles. The minimum atomic E-state index is 0.356. The van der Waals surface area contributed by atoms with Crippen molar-refractivity contribution in [2.75, 3.05) is 11.5 Å². The summed E-state index contributed by atoms with van der Waals surface area (Å²) in [5.41, 5.74) is 7.16. The number of rotatable bonds is 4. The van der Waals surface area contributed by atoms with Gasteiger partial charge in [0.1, 0.15) is 0 Å². The molecule has 4 heteroatoms. The van der Waals surface area contributed by atoms with Gasteiger partial charge in [0.05, 0.1) is 0 Å². The van der Waals surface area contributed by atoms with Crippen LogP contribution in [-0.4, -0.2) is 28.0 Å². The third-order valence-corrected chi connectivity index (χ3v) is 7.13. The molecule has 1 aliphatic rings. The van der Waals surface area contributed by atoms with Crippen molar-refractivity contribution in [1.29, 1.82) is 0 Å². The van der Waals surface area contributed by atoms with Gasteiger partial charge in [-0.3, -0.25) is 11.3 Å². The first-order valence-corrected chi connectivity index (χ1v) is 8.97. The maximum atomic E-state index is 5.81. The van der Waals surface area contributed by atoms with Crippen LogP contribution in [0.25, 0.3) is 0 Å². The van der Waals surface area contributed by atoms with E-state index < -0.39 is 0 Å². The molecule has 1 fully saturated rings. The second kappa shape index (κ2) is 7.02. The summed E-state index contributed by atoms with van der Waals surface area (Å²) >= 11 is 4.14. The number of nitrogens with two attached hydrogens (primary N) is 1. The van der Waals surface area contributed by atoms with Crippen LogP contribution < -0.4 is 11.3 Å². The number of hydrazine groups is 1. The molecule has 106 valence electrons. The number of thioether (sulfide) groups is 2. The van der Waals surface area contributed by atoms with Gasteiger partial charge in [-0.05, 0) is 37.0 Å². The van der Waals surface area contributed by atoms with Crippen molar-refractivity contribution >= 4 is 23.5 Å². The normalized spacial score (nSPS) is 25.3. The lowest BCUT2D eigenvalue weighted by atomic mass is 9.98. The van der Waals surface area contributed by atoms with Gasteiger partial charge in [0, 0.05) is 28.0 Å². The first-order chi connectivity index (χ1) is 9.11. The number of benzene rings is 1. The highest BCUT2D eigenvalue weighted by Crippen LogP contribution is 2.33. The maximum Gasteiger partial charge on any atom is 0.0380 e. The summed E-state index contributed by atoms with van der Waals surface area (Å²) in [6, 6.07) is 7.10. The van der Waals surface area contributed by atoms with Crippen LogP contribution in [0.4, 0.5) is 0 Å². The van der Waals surface area contributed by atoms with E-state index in [4.69, 9.17) is 5.84 Å². The van der Waals surface area contributed by atoms with E-state index in [1.807, 2.05) is 0 Å². The summed E-state index contributed by atoms with van der Waals surface area (Å²) in [6.45, 7) is 6.66. The van der Waals surface area contributed by atoms with Gasteiger partial charge in [0.25, 0.3) is 0 Å². The van der Waals surface area contributed by atoms with E-state index in [2.05, 4.69) is 67.9 Å². The van der Waals surface area contributed by atoms with E-state index in [0.717, 1.165) is 6.42 Å². The largest absolute Gasteiger partial charge is 0.271 e. The van der Waals surface area contributed by atoms with Crippen LogP contribution in [0.1, 0.15) is 23.6 Å². The first kappa shape index (κ1) is 15.2. The third-order valence-electron chi connectivity index (χ3n) is 3.87. The Morgan fingerprint density at radius 2 is 2.00 bits per heavy atom. The van der Waals surface area contributed by atoms with Gasteiger partial charge in [-0.1, -0.05) is 25.1 Å². The van der Waals surface area contributed by atoms with Crippen molar-refractivity contribution in [2.45, 2.75) is 43.7 Å². The molecule has 0 amide bonds. The molecule has 1 heterocycles. The predicted octanol–water partition coefficient (Wildman–Crippen LogP) is 2.91. The highest BCUT2D eigenvalue weighted by Gasteiger charge is 2.29. The molecule has 0 bridgehead atoms. The molecule has 2 nitrogen and oxygen atoms in total. The molecule has 1 aromatic carbocycles. The number of hydrogen-bond donors (Lipinski definition) is 2. The molecule has 3 N–H and O–H groups in total. The Hall–Kier alpha value is -0.160. The Labute approximate surface area is 125 Å². The van der Waals surface area contributed by atoms with Gasteiger partial charge in [0.15, 0.2) is 0 Å². The van der Waals surface area contributed by atoms with E-state index >= 15 is 0 Å². The van der Waals surface area contributed by atoms with Crippen LogP contribution in [0.2, 0.25) is 0 Å². The Bertz CT molecular complexity index is 423. The molecule has 19 heavy (non-hydrogen) atoms. The third kappa shape index (κ3) is 3.91. The van der Waals surface area contributed by atoms with Gasteiger partial charge in [-0.15, -0.1) is 0 Å². The average Bonchev–Trinajstić information content (AvgIpc) is 2.41. The summed E-state index contributed by atoms with van der Waals surface area (Å²) < 4.78 is 0. The van der Waals surface area contributed by atoms with Gasteiger partial charge < -0.3 is 0 Å². The smallest absolute Gasteiger partial charge is 0.0380 e. The van der Waals surface area contributed by atoms with Crippen LogP contribution >= 0.6 is 23.5 Å². The molecule has 3 unspecified atom stereocenters. The molecule has 0 radical (unpaired) electrons. The van der Waals surface area contributed by atoms with Gasteiger partial charge in [-0.25, -0.2) is 0 Å². The highest BCUT2D eigenvalue weighted by molar-refractivity contribution is 8.07. The molecule has 2 rings (SSSR count). The minimum absolute atomic E-state index is 0.356. The van der Waals surface area contributed by atoms with E-state index in [9.17, 15) is 0 Å². The van der Waals surface area contributed by atoms with Crippen molar-refractivity contribution in [2.24, 2.45) is 5.84 Å². The van der Waals surface area contributed by atoms with Crippen molar-refractivity contribution < 1.29 is 0 Å². The molecule has 1 aromatic rings. The Morgan fingerprint density at radius 3 is 2.63 bits per heavy atom. The monoisotopic (exact) mass is 296 g/mol. The fraction of sp³-hybridized carbons (Fsp3) is 0.600. The van der Waals surface area contributed by atoms with Crippen LogP contribution in [0.15, 0.2) is 18.2 Å². The number of nitrogens with one attached hydrogen (secondary N) is 1. The van der Waals surface area contributed by atoms with Gasteiger partial charge in [0.2, 0.25) is 0 Å². The molecule has 1 saturated heterocycles. The number of aryl methyl sites for hydroxylation is 2. The Kier molecular flexibility index (Phi) is 5.63. The summed E-state index contributed by atoms with van der Waals surface area (Å²) in [4.78, 5) is 0. The lowest BCUT2D eigenvalue weighted by Gasteiger charge is -2.34. The summed E-state index contributed by atoms with van der Waals surface area (Å²) in [5.74, 6) is 8.32. The second-order valence-corrected chi connectivity index (χ2v) is 8.08. The second-order valence-electron chi connectivity index (χ2n) is 5.31. The molecule has 1 aliphatic heterocycles. The quantitative estimate of drug-likeness (QED) is 0.662. The predicted molar refractivity (Wildman–Crippen MR) is 88.9 cm³/mol. The van der Waals surface area contributed by atoms with E-state index in [-0.39, 0.29) is 0 Å². The molecule has 3 atom stereocenters. The van der Waals surface area contributed by atoms with Crippen LogP contribution in [-0.2, 0) is 6.42 Å². The fourth-order valence-corrected chi connectivity index (χ4v) is 5.49. The molecule has 0 saturated carbocycles. The minimum Gasteiger partial charge on any atom is -0.271 e. The van der Waals surface area contributed by atoms with Crippen LogP contribution in [0, 0.1) is 13.8 Å². The summed E-state index contributed by atoms with van der Waals surface area (Å²) in [5, 5.41) is 1.27. The average molecular weight is 297 g/mol. The van der Waals surface area contributed by atoms with E-state index in [1.165, 1.54) is 28.2 Å². The zero-order valence-corrected chi connectivity index (χ0v) is 13.6. The Morgan fingerprint density at radius 1 is 1.26 bits per heavy atom. The molecular formula is C15H24N2S2. The van der Waals surface area contributed by atoms with Crippen molar-refractivity contribution in [3.63, 3.8) is 0 Å². The van der Waals surface area contributed by atoms with E-state index in [0.29, 0.717) is 16.5 Å². The van der Waals surface area contributed by atoms with Crippen molar-refractivity contribution in [1.82, 2.24) is 5.43 Å². The number of hydrogen-bond acceptors (Lipinski definition) is 4. The fourth-order valence-electron chi connectivity index (χ4n) is 2.55. The summed E-state index contributed by atoms with van der Waals surface area (Å²) in [6.07, 6.45) is 1.01. The Balaban J connectivity index is 2.07. The highest BCUT2D eigenvalue weighted by atomic mass is 32.2. The SMILES string of the molecule is Cc1ccc(CC(NN)C2SCCSC2C)cc1C. The zero-order chi connectivity index (χ0) is 13.8. The molecule has 0 spiro atoms. The van der Waals surface area contributed by atoms with Crippen molar-refractivity contribution in [3.8, 4) is 0 Å². The standard InChI is InChI=1S/C15H24N2S2/c1-10-4-5-13(8-11(10)2)9-14(17-16)15-12(3)18-6-7-19-15/h4-5,8,12,14-15,17H,6-7,9,16H2,1-3H3. The van der Waals surface area contributed by atoms with E-state index in [1.54, 1.807) is 0 Å². The maximum absolute atomic E-state index is 5.81. The summed E-state index contributed by atoms with van der Waals surface area (Å²) in [7, 11) is 0. The molecular weight excluding hydrogens is 272 g/mol.